The van der Waals surface area contributed by atoms with E-state index in [0.29, 0.717) is 13.2 Å². The van der Waals surface area contributed by atoms with Crippen LogP contribution >= 0.6 is 0 Å². The molecule has 3 aromatic carbocycles. The number of rotatable bonds is 9. The molecule has 4 nitrogen and oxygen atoms in total. The van der Waals surface area contributed by atoms with Crippen molar-refractivity contribution in [3.8, 4) is 22.6 Å². The van der Waals surface area contributed by atoms with E-state index in [2.05, 4.69) is 48.5 Å². The van der Waals surface area contributed by atoms with Crippen LogP contribution in [0.15, 0.2) is 84.0 Å². The van der Waals surface area contributed by atoms with Gasteiger partial charge in [0.1, 0.15) is 18.1 Å². The first-order chi connectivity index (χ1) is 13.8. The predicted octanol–water partition coefficient (Wildman–Crippen LogP) is 5.57. The fourth-order valence-corrected chi connectivity index (χ4v) is 2.82. The fourth-order valence-electron chi connectivity index (χ4n) is 2.82. The van der Waals surface area contributed by atoms with Crippen LogP contribution in [0.1, 0.15) is 18.9 Å². The highest BCUT2D eigenvalue weighted by Crippen LogP contribution is 2.20. The van der Waals surface area contributed by atoms with Crippen molar-refractivity contribution in [2.45, 2.75) is 13.3 Å². The maximum Gasteiger partial charge on any atom is 0.151 e. The van der Waals surface area contributed by atoms with Crippen molar-refractivity contribution >= 4 is 5.71 Å². The van der Waals surface area contributed by atoms with Gasteiger partial charge in [-0.25, -0.2) is 0 Å². The van der Waals surface area contributed by atoms with Gasteiger partial charge >= 0.3 is 0 Å². The van der Waals surface area contributed by atoms with Crippen molar-refractivity contribution < 1.29 is 14.3 Å². The van der Waals surface area contributed by atoms with Crippen LogP contribution in [-0.4, -0.2) is 26.0 Å². The van der Waals surface area contributed by atoms with Gasteiger partial charge in [-0.15, -0.1) is 0 Å². The smallest absolute Gasteiger partial charge is 0.151 e. The molecule has 0 heterocycles. The van der Waals surface area contributed by atoms with Gasteiger partial charge in [-0.1, -0.05) is 72.7 Å². The molecule has 0 aromatic heterocycles. The van der Waals surface area contributed by atoms with E-state index < -0.39 is 0 Å². The van der Waals surface area contributed by atoms with Crippen LogP contribution in [0, 0.1) is 0 Å². The van der Waals surface area contributed by atoms with Gasteiger partial charge in [0.15, 0.2) is 6.61 Å². The first-order valence-electron chi connectivity index (χ1n) is 9.41. The standard InChI is InChI=1S/C24H25NO3/c1-3-24(21-14-12-20(13-15-21)19-8-5-4-6-9-19)25-28-17-16-27-23-11-7-10-22(18-23)26-2/h4-15,18H,3,16-17H2,1-2H3/b25-24+. The average molecular weight is 375 g/mol. The summed E-state index contributed by atoms with van der Waals surface area (Å²) in [5.41, 5.74) is 4.37. The summed E-state index contributed by atoms with van der Waals surface area (Å²) in [5, 5.41) is 4.29. The highest BCUT2D eigenvalue weighted by atomic mass is 16.6. The van der Waals surface area contributed by atoms with Crippen molar-refractivity contribution in [2.75, 3.05) is 20.3 Å². The fraction of sp³-hybridized carbons (Fsp3) is 0.208. The molecule has 0 aliphatic carbocycles. The van der Waals surface area contributed by atoms with Gasteiger partial charge in [0.2, 0.25) is 0 Å². The summed E-state index contributed by atoms with van der Waals surface area (Å²) >= 11 is 0. The zero-order chi connectivity index (χ0) is 19.6. The van der Waals surface area contributed by atoms with E-state index in [1.807, 2.05) is 42.5 Å². The lowest BCUT2D eigenvalue weighted by Gasteiger charge is -2.08. The third kappa shape index (κ3) is 5.36. The van der Waals surface area contributed by atoms with Crippen LogP contribution in [0.3, 0.4) is 0 Å². The summed E-state index contributed by atoms with van der Waals surface area (Å²) in [4.78, 5) is 5.47. The number of ether oxygens (including phenoxy) is 2. The first-order valence-corrected chi connectivity index (χ1v) is 9.41. The maximum atomic E-state index is 5.66. The van der Waals surface area contributed by atoms with E-state index in [4.69, 9.17) is 14.3 Å². The van der Waals surface area contributed by atoms with E-state index >= 15 is 0 Å². The predicted molar refractivity (Wildman–Crippen MR) is 113 cm³/mol. The lowest BCUT2D eigenvalue weighted by atomic mass is 10.0. The third-order valence-electron chi connectivity index (χ3n) is 4.32. The van der Waals surface area contributed by atoms with Gasteiger partial charge in [0, 0.05) is 6.07 Å². The first kappa shape index (κ1) is 19.5. The normalized spacial score (nSPS) is 11.1. The second kappa shape index (κ2) is 10.2. The van der Waals surface area contributed by atoms with Gasteiger partial charge in [-0.2, -0.15) is 0 Å². The van der Waals surface area contributed by atoms with Crippen LogP contribution in [0.5, 0.6) is 11.5 Å². The SMILES string of the molecule is CC/C(=N\OCCOc1cccc(OC)c1)c1ccc(-c2ccccc2)cc1. The third-order valence-corrected chi connectivity index (χ3v) is 4.32. The molecule has 0 aliphatic heterocycles. The number of benzene rings is 3. The van der Waals surface area contributed by atoms with Gasteiger partial charge in [0.05, 0.1) is 12.8 Å². The molecule has 0 aliphatic rings. The van der Waals surface area contributed by atoms with Crippen molar-refractivity contribution in [2.24, 2.45) is 5.16 Å². The number of hydrogen-bond donors (Lipinski definition) is 0. The molecule has 0 N–H and O–H groups in total. The Labute approximate surface area is 166 Å². The minimum atomic E-state index is 0.378. The zero-order valence-electron chi connectivity index (χ0n) is 16.3. The van der Waals surface area contributed by atoms with Crippen LogP contribution in [0.2, 0.25) is 0 Å². The van der Waals surface area contributed by atoms with Crippen LogP contribution in [0.25, 0.3) is 11.1 Å². The Hall–Kier alpha value is -3.27. The largest absolute Gasteiger partial charge is 0.497 e. The molecule has 0 radical (unpaired) electrons. The van der Waals surface area contributed by atoms with Gasteiger partial charge in [-0.3, -0.25) is 0 Å². The summed E-state index contributed by atoms with van der Waals surface area (Å²) in [6, 6.07) is 26.2. The van der Waals surface area contributed by atoms with Gasteiger partial charge in [0.25, 0.3) is 0 Å². The van der Waals surface area contributed by atoms with Crippen LogP contribution < -0.4 is 9.47 Å². The quantitative estimate of drug-likeness (QED) is 0.279. The van der Waals surface area contributed by atoms with E-state index in [0.717, 1.165) is 29.2 Å². The molecule has 0 spiro atoms. The Balaban J connectivity index is 1.53. The van der Waals surface area contributed by atoms with Crippen molar-refractivity contribution in [3.63, 3.8) is 0 Å². The van der Waals surface area contributed by atoms with Crippen LogP contribution in [-0.2, 0) is 4.84 Å². The molecule has 0 saturated heterocycles. The number of hydrogen-bond acceptors (Lipinski definition) is 4. The number of nitrogens with zero attached hydrogens (tertiary/aromatic N) is 1. The molecule has 3 aromatic rings. The number of methoxy groups -OCH3 is 1. The Morgan fingerprint density at radius 1 is 0.786 bits per heavy atom. The van der Waals surface area contributed by atoms with Crippen molar-refractivity contribution in [3.05, 3.63) is 84.4 Å². The summed E-state index contributed by atoms with van der Waals surface area (Å²) in [6.45, 7) is 2.86. The molecular formula is C24H25NO3. The maximum absolute atomic E-state index is 5.66. The minimum Gasteiger partial charge on any atom is -0.497 e. The second-order valence-corrected chi connectivity index (χ2v) is 6.20. The lowest BCUT2D eigenvalue weighted by Crippen LogP contribution is -2.06. The Morgan fingerprint density at radius 2 is 1.50 bits per heavy atom. The van der Waals surface area contributed by atoms with Crippen LogP contribution in [0.4, 0.5) is 0 Å². The molecule has 0 saturated carbocycles. The topological polar surface area (TPSA) is 40.0 Å². The van der Waals surface area contributed by atoms with Gasteiger partial charge in [-0.05, 0) is 35.2 Å². The molecule has 0 fully saturated rings. The molecular weight excluding hydrogens is 350 g/mol. The Bertz CT molecular complexity index is 889. The Kier molecular flexibility index (Phi) is 7.08. The summed E-state index contributed by atoms with van der Waals surface area (Å²) in [5.74, 6) is 1.52. The molecule has 0 amide bonds. The van der Waals surface area contributed by atoms with E-state index in [-0.39, 0.29) is 0 Å². The number of oxime groups is 1. The average Bonchev–Trinajstić information content (AvgIpc) is 2.77. The molecule has 3 rings (SSSR count). The van der Waals surface area contributed by atoms with Crippen molar-refractivity contribution in [1.29, 1.82) is 0 Å². The van der Waals surface area contributed by atoms with E-state index in [9.17, 15) is 0 Å². The monoisotopic (exact) mass is 375 g/mol. The summed E-state index contributed by atoms with van der Waals surface area (Å²) in [6.07, 6.45) is 0.793. The van der Waals surface area contributed by atoms with Gasteiger partial charge < -0.3 is 14.3 Å². The van der Waals surface area contributed by atoms with E-state index in [1.54, 1.807) is 7.11 Å². The molecule has 4 heteroatoms. The molecule has 144 valence electrons. The molecule has 0 atom stereocenters. The van der Waals surface area contributed by atoms with Crippen molar-refractivity contribution in [1.82, 2.24) is 0 Å². The Morgan fingerprint density at radius 3 is 2.21 bits per heavy atom. The van der Waals surface area contributed by atoms with E-state index in [1.165, 1.54) is 11.1 Å². The summed E-state index contributed by atoms with van der Waals surface area (Å²) < 4.78 is 10.8. The summed E-state index contributed by atoms with van der Waals surface area (Å²) in [7, 11) is 1.63. The zero-order valence-corrected chi connectivity index (χ0v) is 16.3. The minimum absolute atomic E-state index is 0.378. The highest BCUT2D eigenvalue weighted by molar-refractivity contribution is 6.00. The highest BCUT2D eigenvalue weighted by Gasteiger charge is 2.04. The molecule has 0 bridgehead atoms. The second-order valence-electron chi connectivity index (χ2n) is 6.20. The lowest BCUT2D eigenvalue weighted by molar-refractivity contribution is 0.107. The molecule has 0 unspecified atom stereocenters. The molecule has 28 heavy (non-hydrogen) atoms.